The first kappa shape index (κ1) is 18.2. The van der Waals surface area contributed by atoms with Crippen LogP contribution in [-0.4, -0.2) is 34.8 Å². The lowest BCUT2D eigenvalue weighted by Gasteiger charge is -2.17. The second-order valence-corrected chi connectivity index (χ2v) is 7.14. The fraction of sp³-hybridized carbons (Fsp3) is 0.261. The predicted molar refractivity (Wildman–Crippen MR) is 110 cm³/mol. The van der Waals surface area contributed by atoms with Gasteiger partial charge in [0.1, 0.15) is 5.82 Å². The number of hydrogen-bond donors (Lipinski definition) is 1. The summed E-state index contributed by atoms with van der Waals surface area (Å²) in [6.45, 7) is 1.38. The highest BCUT2D eigenvalue weighted by atomic mass is 16.2. The van der Waals surface area contributed by atoms with E-state index in [2.05, 4.69) is 28.5 Å². The maximum Gasteiger partial charge on any atom is 0.246 e. The average Bonchev–Trinajstić information content (AvgIpc) is 2.99. The number of carbonyl (C=O) groups excluding carboxylic acids is 2. The van der Waals surface area contributed by atoms with Crippen molar-refractivity contribution in [2.75, 3.05) is 18.4 Å². The lowest BCUT2D eigenvalue weighted by molar-refractivity contribution is -0.125. The molecule has 5 nitrogen and oxygen atoms in total. The van der Waals surface area contributed by atoms with Gasteiger partial charge in [0, 0.05) is 31.8 Å². The molecule has 2 amide bonds. The Labute approximate surface area is 164 Å². The molecule has 1 aromatic heterocycles. The number of rotatable bonds is 3. The van der Waals surface area contributed by atoms with Crippen LogP contribution < -0.4 is 5.32 Å². The van der Waals surface area contributed by atoms with Crippen molar-refractivity contribution in [3.8, 4) is 0 Å². The lowest BCUT2D eigenvalue weighted by Crippen LogP contribution is -2.29. The predicted octanol–water partition coefficient (Wildman–Crippen LogP) is 3.69. The first-order valence-electron chi connectivity index (χ1n) is 9.69. The molecule has 142 valence electrons. The van der Waals surface area contributed by atoms with Gasteiger partial charge in [0.05, 0.1) is 0 Å². The van der Waals surface area contributed by atoms with Crippen molar-refractivity contribution in [2.24, 2.45) is 0 Å². The summed E-state index contributed by atoms with van der Waals surface area (Å²) in [5, 5.41) is 2.77. The van der Waals surface area contributed by atoms with Gasteiger partial charge < -0.3 is 10.2 Å². The molecule has 0 aliphatic carbocycles. The first-order valence-corrected chi connectivity index (χ1v) is 9.69. The van der Waals surface area contributed by atoms with Crippen LogP contribution in [0.4, 0.5) is 5.82 Å². The van der Waals surface area contributed by atoms with Gasteiger partial charge in [0.2, 0.25) is 11.8 Å². The molecule has 0 saturated heterocycles. The van der Waals surface area contributed by atoms with Crippen LogP contribution in [-0.2, 0) is 16.0 Å². The van der Waals surface area contributed by atoms with Gasteiger partial charge in [-0.2, -0.15) is 0 Å². The number of hydrogen-bond acceptors (Lipinski definition) is 3. The number of amides is 2. The number of aromatic nitrogens is 1. The van der Waals surface area contributed by atoms with E-state index in [1.807, 2.05) is 29.2 Å². The fourth-order valence-electron chi connectivity index (χ4n) is 3.63. The maximum atomic E-state index is 12.6. The minimum atomic E-state index is 0.00237. The second-order valence-electron chi connectivity index (χ2n) is 7.14. The third kappa shape index (κ3) is 4.19. The minimum absolute atomic E-state index is 0.00237. The topological polar surface area (TPSA) is 62.3 Å². The number of allylic oxidation sites excluding steroid dienone is 1. The number of fused-ring (bicyclic) bond motifs is 1. The third-order valence-corrected chi connectivity index (χ3v) is 5.17. The monoisotopic (exact) mass is 373 g/mol. The van der Waals surface area contributed by atoms with E-state index in [-0.39, 0.29) is 11.8 Å². The number of aryl methyl sites for hydroxylation is 1. The summed E-state index contributed by atoms with van der Waals surface area (Å²) >= 11 is 0. The van der Waals surface area contributed by atoms with Gasteiger partial charge in [0.15, 0.2) is 0 Å². The van der Waals surface area contributed by atoms with Crippen LogP contribution in [0.1, 0.15) is 36.0 Å². The summed E-state index contributed by atoms with van der Waals surface area (Å²) in [7, 11) is 0. The number of nitrogens with one attached hydrogen (secondary N) is 1. The summed E-state index contributed by atoms with van der Waals surface area (Å²) in [5.74, 6) is 0.643. The molecule has 0 atom stereocenters. The van der Waals surface area contributed by atoms with Crippen molar-refractivity contribution >= 4 is 29.3 Å². The highest BCUT2D eigenvalue weighted by Gasteiger charge is 2.16. The van der Waals surface area contributed by atoms with Crippen molar-refractivity contribution in [3.05, 3.63) is 71.4 Å². The standard InChI is InChI=1S/C23H23N3O2/c27-21-10-9-20-15-17(16-24-23(20)25-21)8-11-22(28)26-13-4-7-19(12-14-26)18-5-2-1-3-6-18/h1-3,5-6,8,11-12,15-16H,4,7,9-10,13-14H2,(H,24,25,27)/b11-8+. The van der Waals surface area contributed by atoms with Crippen molar-refractivity contribution in [2.45, 2.75) is 25.7 Å². The van der Waals surface area contributed by atoms with Gasteiger partial charge in [-0.25, -0.2) is 4.98 Å². The van der Waals surface area contributed by atoms with Crippen LogP contribution in [0.5, 0.6) is 0 Å². The van der Waals surface area contributed by atoms with Crippen LogP contribution in [0.2, 0.25) is 0 Å². The van der Waals surface area contributed by atoms with E-state index in [0.717, 1.165) is 30.5 Å². The Balaban J connectivity index is 1.42. The molecule has 0 radical (unpaired) electrons. The maximum absolute atomic E-state index is 12.6. The average molecular weight is 373 g/mol. The zero-order chi connectivity index (χ0) is 19.3. The number of nitrogens with zero attached hydrogens (tertiary/aromatic N) is 2. The summed E-state index contributed by atoms with van der Waals surface area (Å²) in [4.78, 5) is 30.2. The summed E-state index contributed by atoms with van der Waals surface area (Å²) in [6, 6.07) is 12.3. The SMILES string of the molecule is O=C1CCc2cc(/C=C/C(=O)N3CC=C(c4ccccc4)CCC3)cnc2N1. The Morgan fingerprint density at radius 2 is 2.00 bits per heavy atom. The molecule has 0 saturated carbocycles. The molecular formula is C23H23N3O2. The van der Waals surface area contributed by atoms with Crippen LogP contribution in [0.15, 0.2) is 54.7 Å². The molecule has 1 aromatic carbocycles. The van der Waals surface area contributed by atoms with Crippen molar-refractivity contribution in [1.82, 2.24) is 9.88 Å². The Kier molecular flexibility index (Phi) is 5.33. The largest absolute Gasteiger partial charge is 0.335 e. The molecule has 1 N–H and O–H groups in total. The summed E-state index contributed by atoms with van der Waals surface area (Å²) < 4.78 is 0. The third-order valence-electron chi connectivity index (χ3n) is 5.17. The molecular weight excluding hydrogens is 350 g/mol. The molecule has 28 heavy (non-hydrogen) atoms. The van der Waals surface area contributed by atoms with Crippen LogP contribution in [0, 0.1) is 0 Å². The Morgan fingerprint density at radius 3 is 2.86 bits per heavy atom. The van der Waals surface area contributed by atoms with Crippen LogP contribution >= 0.6 is 0 Å². The first-order chi connectivity index (χ1) is 13.7. The van der Waals surface area contributed by atoms with E-state index >= 15 is 0 Å². The normalized spacial score (nSPS) is 16.9. The number of anilines is 1. The summed E-state index contributed by atoms with van der Waals surface area (Å²) in [6.07, 6.45) is 10.4. The minimum Gasteiger partial charge on any atom is -0.335 e. The molecule has 5 heteroatoms. The summed E-state index contributed by atoms with van der Waals surface area (Å²) in [5.41, 5.74) is 4.43. The van der Waals surface area contributed by atoms with E-state index in [1.54, 1.807) is 18.3 Å². The number of benzene rings is 1. The molecule has 0 spiro atoms. The van der Waals surface area contributed by atoms with E-state index in [9.17, 15) is 9.59 Å². The van der Waals surface area contributed by atoms with Crippen LogP contribution in [0.3, 0.4) is 0 Å². The van der Waals surface area contributed by atoms with Gasteiger partial charge in [-0.05, 0) is 53.7 Å². The molecule has 2 aromatic rings. The van der Waals surface area contributed by atoms with E-state index in [0.29, 0.717) is 25.2 Å². The zero-order valence-electron chi connectivity index (χ0n) is 15.7. The van der Waals surface area contributed by atoms with Crippen molar-refractivity contribution in [1.29, 1.82) is 0 Å². The molecule has 2 aliphatic rings. The molecule has 4 rings (SSSR count). The van der Waals surface area contributed by atoms with Gasteiger partial charge >= 0.3 is 0 Å². The number of carbonyl (C=O) groups is 2. The molecule has 2 aliphatic heterocycles. The fourth-order valence-corrected chi connectivity index (χ4v) is 3.63. The van der Waals surface area contributed by atoms with Gasteiger partial charge in [-0.3, -0.25) is 9.59 Å². The zero-order valence-corrected chi connectivity index (χ0v) is 15.7. The van der Waals surface area contributed by atoms with Gasteiger partial charge in [-0.15, -0.1) is 0 Å². The Morgan fingerprint density at radius 1 is 1.14 bits per heavy atom. The molecule has 0 bridgehead atoms. The van der Waals surface area contributed by atoms with E-state index in [4.69, 9.17) is 0 Å². The quantitative estimate of drug-likeness (QED) is 0.835. The van der Waals surface area contributed by atoms with E-state index < -0.39 is 0 Å². The van der Waals surface area contributed by atoms with Crippen LogP contribution in [0.25, 0.3) is 11.6 Å². The van der Waals surface area contributed by atoms with E-state index in [1.165, 1.54) is 11.1 Å². The van der Waals surface area contributed by atoms with Gasteiger partial charge in [-0.1, -0.05) is 36.4 Å². The van der Waals surface area contributed by atoms with Crippen molar-refractivity contribution < 1.29 is 9.59 Å². The Hall–Kier alpha value is -3.21. The molecule has 3 heterocycles. The Bertz CT molecular complexity index is 948. The highest BCUT2D eigenvalue weighted by Crippen LogP contribution is 2.23. The number of pyridine rings is 1. The van der Waals surface area contributed by atoms with Gasteiger partial charge in [0.25, 0.3) is 0 Å². The second kappa shape index (κ2) is 8.21. The van der Waals surface area contributed by atoms with Crippen molar-refractivity contribution in [3.63, 3.8) is 0 Å². The highest BCUT2D eigenvalue weighted by molar-refractivity contribution is 5.94. The molecule has 0 fully saturated rings. The smallest absolute Gasteiger partial charge is 0.246 e. The molecule has 0 unspecified atom stereocenters. The lowest BCUT2D eigenvalue weighted by atomic mass is 10.0.